The summed E-state index contributed by atoms with van der Waals surface area (Å²) in [6, 6.07) is 6.05. The summed E-state index contributed by atoms with van der Waals surface area (Å²) in [5, 5.41) is 0. The van der Waals surface area contributed by atoms with Crippen molar-refractivity contribution in [1.82, 2.24) is 4.98 Å². The van der Waals surface area contributed by atoms with Crippen LogP contribution in [0.3, 0.4) is 0 Å². The third-order valence-electron chi connectivity index (χ3n) is 8.52. The van der Waals surface area contributed by atoms with E-state index in [-0.39, 0.29) is 5.41 Å². The van der Waals surface area contributed by atoms with Crippen LogP contribution < -0.4 is 0 Å². The fraction of sp³-hybridized carbons (Fsp3) is 0.600. The largest absolute Gasteiger partial charge is 0.300 e. The summed E-state index contributed by atoms with van der Waals surface area (Å²) in [5.41, 5.74) is 3.24. The maximum absolute atomic E-state index is 12.6. The average molecular weight is 362 g/mol. The first-order valence-electron chi connectivity index (χ1n) is 10.9. The Labute approximate surface area is 163 Å². The number of hydrogen-bond acceptors (Lipinski definition) is 2. The lowest BCUT2D eigenvalue weighted by Crippen LogP contribution is -2.48. The molecule has 1 aromatic rings. The van der Waals surface area contributed by atoms with Crippen LogP contribution in [0.15, 0.2) is 42.1 Å². The van der Waals surface area contributed by atoms with Crippen molar-refractivity contribution in [1.29, 1.82) is 0 Å². The van der Waals surface area contributed by atoms with Crippen molar-refractivity contribution in [3.8, 4) is 0 Å². The molecular weight excluding hydrogens is 330 g/mol. The molecule has 3 fully saturated rings. The number of pyridine rings is 1. The van der Waals surface area contributed by atoms with E-state index in [1.54, 1.807) is 5.57 Å². The molecule has 4 aliphatic rings. The minimum Gasteiger partial charge on any atom is -0.300 e. The molecule has 5 rings (SSSR count). The number of ketones is 1. The maximum atomic E-state index is 12.6. The molecule has 1 heterocycles. The molecule has 3 saturated carbocycles. The minimum atomic E-state index is 0.0755. The van der Waals surface area contributed by atoms with Gasteiger partial charge in [-0.15, -0.1) is 0 Å². The van der Waals surface area contributed by atoms with Crippen molar-refractivity contribution in [2.24, 2.45) is 28.6 Å². The molecule has 0 spiro atoms. The molecule has 4 aliphatic carbocycles. The van der Waals surface area contributed by atoms with E-state index < -0.39 is 0 Å². The van der Waals surface area contributed by atoms with E-state index in [4.69, 9.17) is 0 Å². The van der Waals surface area contributed by atoms with E-state index >= 15 is 0 Å². The first-order valence-corrected chi connectivity index (χ1v) is 10.9. The van der Waals surface area contributed by atoms with Gasteiger partial charge >= 0.3 is 0 Å². The van der Waals surface area contributed by atoms with Crippen molar-refractivity contribution in [3.63, 3.8) is 0 Å². The van der Waals surface area contributed by atoms with Crippen molar-refractivity contribution < 1.29 is 4.79 Å². The Hall–Kier alpha value is -1.70. The number of nitrogens with zero attached hydrogens (tertiary/aromatic N) is 1. The molecule has 5 atom stereocenters. The van der Waals surface area contributed by atoms with Crippen LogP contribution in [-0.4, -0.2) is 10.8 Å². The average Bonchev–Trinajstić information content (AvgIpc) is 3.03. The second kappa shape index (κ2) is 6.43. The Morgan fingerprint density at radius 2 is 2.11 bits per heavy atom. The number of Topliss-reactive ketones (excluding diaryl/α,β-unsaturated/α-hetero) is 1. The lowest BCUT2D eigenvalue weighted by atomic mass is 9.48. The summed E-state index contributed by atoms with van der Waals surface area (Å²) in [7, 11) is 0. The maximum Gasteiger partial charge on any atom is 0.134 e. The van der Waals surface area contributed by atoms with Gasteiger partial charge in [0.05, 0.1) is 5.69 Å². The van der Waals surface area contributed by atoms with Crippen molar-refractivity contribution in [2.75, 3.05) is 0 Å². The van der Waals surface area contributed by atoms with Crippen LogP contribution in [0.2, 0.25) is 0 Å². The van der Waals surface area contributed by atoms with Gasteiger partial charge in [-0.2, -0.15) is 0 Å². The monoisotopic (exact) mass is 361 g/mol. The van der Waals surface area contributed by atoms with Crippen LogP contribution in [0.25, 0.3) is 6.08 Å². The highest BCUT2D eigenvalue weighted by atomic mass is 16.1. The van der Waals surface area contributed by atoms with Crippen molar-refractivity contribution in [3.05, 3.63) is 47.8 Å². The third kappa shape index (κ3) is 2.75. The van der Waals surface area contributed by atoms with Crippen LogP contribution in [-0.2, 0) is 4.79 Å². The van der Waals surface area contributed by atoms with Gasteiger partial charge in [-0.25, -0.2) is 0 Å². The highest BCUT2D eigenvalue weighted by Gasteiger charge is 2.57. The molecule has 0 unspecified atom stereocenters. The molecular formula is C25H31NO. The second-order valence-corrected chi connectivity index (χ2v) is 9.75. The fourth-order valence-corrected chi connectivity index (χ4v) is 7.19. The van der Waals surface area contributed by atoms with Crippen LogP contribution in [0, 0.1) is 28.6 Å². The first-order chi connectivity index (χ1) is 13.1. The van der Waals surface area contributed by atoms with Gasteiger partial charge in [-0.3, -0.25) is 9.78 Å². The zero-order valence-corrected chi connectivity index (χ0v) is 16.5. The summed E-state index contributed by atoms with van der Waals surface area (Å²) in [4.78, 5) is 17.1. The Kier molecular flexibility index (Phi) is 4.14. The summed E-state index contributed by atoms with van der Waals surface area (Å²) in [5.74, 6) is 2.48. The molecule has 0 bridgehead atoms. The van der Waals surface area contributed by atoms with Gasteiger partial charge in [-0.05, 0) is 85.3 Å². The standard InChI is InChI=1S/C25H31NO/c1-24-12-4-2-6-18(24)8-9-21-22(24)11-14-25(17-20(27)16-23(21)25)13-10-19-7-3-5-15-26-19/h3,5,7-8,10,13,15,21-23H,2,4,6,9,11-12,14,16-17H2,1H3/t21-,22+,23+,24+,25-/m1/s1. The Morgan fingerprint density at radius 1 is 1.19 bits per heavy atom. The second-order valence-electron chi connectivity index (χ2n) is 9.75. The minimum absolute atomic E-state index is 0.0755. The predicted molar refractivity (Wildman–Crippen MR) is 109 cm³/mol. The van der Waals surface area contributed by atoms with Crippen LogP contribution >= 0.6 is 0 Å². The molecule has 2 heteroatoms. The number of rotatable bonds is 2. The number of aromatic nitrogens is 1. The van der Waals surface area contributed by atoms with E-state index in [0.717, 1.165) is 24.5 Å². The first kappa shape index (κ1) is 17.4. The third-order valence-corrected chi connectivity index (χ3v) is 8.52. The highest BCUT2D eigenvalue weighted by molar-refractivity contribution is 5.83. The van der Waals surface area contributed by atoms with Gasteiger partial charge < -0.3 is 0 Å². The van der Waals surface area contributed by atoms with Gasteiger partial charge in [0.1, 0.15) is 5.78 Å². The zero-order valence-electron chi connectivity index (χ0n) is 16.5. The van der Waals surface area contributed by atoms with Gasteiger partial charge in [0.2, 0.25) is 0 Å². The molecule has 142 valence electrons. The Balaban J connectivity index is 1.48. The fourth-order valence-electron chi connectivity index (χ4n) is 7.19. The molecule has 0 saturated heterocycles. The summed E-state index contributed by atoms with van der Waals surface area (Å²) in [6.07, 6.45) is 19.6. The molecule has 0 radical (unpaired) electrons. The highest BCUT2D eigenvalue weighted by Crippen LogP contribution is 2.64. The molecule has 0 aliphatic heterocycles. The van der Waals surface area contributed by atoms with E-state index in [9.17, 15) is 4.79 Å². The number of fused-ring (bicyclic) bond motifs is 5. The van der Waals surface area contributed by atoms with Gasteiger partial charge in [-0.1, -0.05) is 37.1 Å². The SMILES string of the molecule is C[C@]12CCCCC1=CC[C@H]1[C@@H]3CC(=O)C[C@@]3(C=Cc3ccccn3)CC[C@@H]12. The van der Waals surface area contributed by atoms with E-state index in [1.165, 1.54) is 44.9 Å². The number of hydrogen-bond donors (Lipinski definition) is 0. The lowest BCUT2D eigenvalue weighted by molar-refractivity contribution is -0.118. The zero-order chi connectivity index (χ0) is 18.5. The van der Waals surface area contributed by atoms with E-state index in [0.29, 0.717) is 23.0 Å². The predicted octanol–water partition coefficient (Wildman–Crippen LogP) is 6.00. The summed E-state index contributed by atoms with van der Waals surface area (Å²) in [6.45, 7) is 2.54. The van der Waals surface area contributed by atoms with Gasteiger partial charge in [0.25, 0.3) is 0 Å². The van der Waals surface area contributed by atoms with E-state index in [1.807, 2.05) is 18.3 Å². The Morgan fingerprint density at radius 3 is 2.96 bits per heavy atom. The smallest absolute Gasteiger partial charge is 0.134 e. The molecule has 1 aromatic heterocycles. The Bertz CT molecular complexity index is 794. The van der Waals surface area contributed by atoms with Crippen molar-refractivity contribution >= 4 is 11.9 Å². The summed E-state index contributed by atoms with van der Waals surface area (Å²) >= 11 is 0. The molecule has 0 aromatic carbocycles. The number of allylic oxidation sites excluding steroid dienone is 3. The molecule has 27 heavy (non-hydrogen) atoms. The van der Waals surface area contributed by atoms with Gasteiger partial charge in [0, 0.05) is 19.0 Å². The number of carbonyl (C=O) groups is 1. The molecule has 2 nitrogen and oxygen atoms in total. The van der Waals surface area contributed by atoms with Crippen molar-refractivity contribution in [2.45, 2.75) is 64.7 Å². The van der Waals surface area contributed by atoms with Gasteiger partial charge in [0.15, 0.2) is 0 Å². The van der Waals surface area contributed by atoms with Crippen LogP contribution in [0.5, 0.6) is 0 Å². The van der Waals surface area contributed by atoms with Crippen LogP contribution in [0.4, 0.5) is 0 Å². The normalized spacial score (nSPS) is 41.0. The molecule has 0 amide bonds. The molecule has 0 N–H and O–H groups in total. The quantitative estimate of drug-likeness (QED) is 0.605. The summed E-state index contributed by atoms with van der Waals surface area (Å²) < 4.78 is 0. The van der Waals surface area contributed by atoms with E-state index in [2.05, 4.69) is 36.2 Å². The lowest BCUT2D eigenvalue weighted by Gasteiger charge is -2.56. The van der Waals surface area contributed by atoms with Crippen LogP contribution in [0.1, 0.15) is 70.4 Å². The number of carbonyl (C=O) groups excluding carboxylic acids is 1. The topological polar surface area (TPSA) is 30.0 Å².